The number of carbonyl (C=O) groups excluding carboxylic acids is 1. The van der Waals surface area contributed by atoms with Gasteiger partial charge in [0.1, 0.15) is 11.9 Å². The molecule has 230 valence electrons. The smallest absolute Gasteiger partial charge is 0.411 e. The van der Waals surface area contributed by atoms with Crippen molar-refractivity contribution in [3.05, 3.63) is 69.8 Å². The van der Waals surface area contributed by atoms with E-state index in [4.69, 9.17) is 9.47 Å². The van der Waals surface area contributed by atoms with E-state index in [0.717, 1.165) is 66.2 Å². The molecular formula is C32H37F6NO3. The molecule has 1 saturated heterocycles. The third-order valence-corrected chi connectivity index (χ3v) is 8.01. The van der Waals surface area contributed by atoms with Crippen molar-refractivity contribution in [2.75, 3.05) is 13.7 Å². The first-order chi connectivity index (χ1) is 19.6. The van der Waals surface area contributed by atoms with Gasteiger partial charge in [-0.25, -0.2) is 4.79 Å². The molecule has 4 rings (SSSR count). The highest BCUT2D eigenvalue weighted by Crippen LogP contribution is 2.41. The Balaban J connectivity index is 1.69. The van der Waals surface area contributed by atoms with Gasteiger partial charge in [0.05, 0.1) is 26.0 Å². The lowest BCUT2D eigenvalue weighted by molar-refractivity contribution is -0.127. The van der Waals surface area contributed by atoms with Gasteiger partial charge in [-0.15, -0.1) is 0 Å². The summed E-state index contributed by atoms with van der Waals surface area (Å²) >= 11 is 0. The lowest BCUT2D eigenvalue weighted by Gasteiger charge is -2.25. The molecule has 0 spiro atoms. The van der Waals surface area contributed by atoms with Crippen LogP contribution in [0.4, 0.5) is 31.1 Å². The molecule has 0 unspecified atom stereocenters. The van der Waals surface area contributed by atoms with Gasteiger partial charge in [0.15, 0.2) is 0 Å². The third-order valence-electron chi connectivity index (χ3n) is 8.01. The summed E-state index contributed by atoms with van der Waals surface area (Å²) < 4.78 is 90.4. The van der Waals surface area contributed by atoms with Crippen molar-refractivity contribution < 1.29 is 40.6 Å². The predicted molar refractivity (Wildman–Crippen MR) is 148 cm³/mol. The molecule has 42 heavy (non-hydrogen) atoms. The monoisotopic (exact) mass is 597 g/mol. The highest BCUT2D eigenvalue weighted by molar-refractivity contribution is 5.76. The molecule has 0 saturated carbocycles. The second-order valence-electron chi connectivity index (χ2n) is 11.6. The maximum atomic E-state index is 13.2. The Morgan fingerprint density at radius 3 is 2.12 bits per heavy atom. The zero-order valence-corrected chi connectivity index (χ0v) is 24.3. The van der Waals surface area contributed by atoms with Gasteiger partial charge in [0.2, 0.25) is 0 Å². The number of hydrogen-bond acceptors (Lipinski definition) is 3. The number of cyclic esters (lactones) is 1. The summed E-state index contributed by atoms with van der Waals surface area (Å²) in [4.78, 5) is 14.7. The second-order valence-corrected chi connectivity index (χ2v) is 11.6. The highest BCUT2D eigenvalue weighted by Gasteiger charge is 2.41. The largest absolute Gasteiger partial charge is 0.496 e. The number of allylic oxidation sites excluding steroid dienone is 1. The fourth-order valence-electron chi connectivity index (χ4n) is 5.95. The minimum atomic E-state index is -4.60. The Labute approximate surface area is 242 Å². The van der Waals surface area contributed by atoms with Crippen LogP contribution in [0.5, 0.6) is 5.75 Å². The first-order valence-corrected chi connectivity index (χ1v) is 14.3. The van der Waals surface area contributed by atoms with Gasteiger partial charge in [-0.05, 0) is 84.1 Å². The van der Waals surface area contributed by atoms with Crippen LogP contribution >= 0.6 is 0 Å². The van der Waals surface area contributed by atoms with Crippen molar-refractivity contribution in [2.24, 2.45) is 0 Å². The summed E-state index contributed by atoms with van der Waals surface area (Å²) in [5.74, 6) is 1.04. The van der Waals surface area contributed by atoms with E-state index in [1.165, 1.54) is 17.0 Å². The van der Waals surface area contributed by atoms with Gasteiger partial charge in [0, 0.05) is 12.1 Å². The van der Waals surface area contributed by atoms with Gasteiger partial charge in [0.25, 0.3) is 0 Å². The highest BCUT2D eigenvalue weighted by atomic mass is 19.4. The van der Waals surface area contributed by atoms with E-state index in [-0.39, 0.29) is 23.2 Å². The van der Waals surface area contributed by atoms with Gasteiger partial charge < -0.3 is 9.47 Å². The molecule has 2 aromatic rings. The minimum absolute atomic E-state index is 0.126. The summed E-state index contributed by atoms with van der Waals surface area (Å²) in [5, 5.41) is 0. The van der Waals surface area contributed by atoms with Crippen LogP contribution in [0.15, 0.2) is 42.0 Å². The number of alkyl halides is 6. The number of carbonyl (C=O) groups is 1. The van der Waals surface area contributed by atoms with E-state index in [9.17, 15) is 31.1 Å². The standard InChI is InChI=1S/C32H37F6NO3/c1-19(2)23-10-11-28(41-4)27(15-23)26-9-7-5-6-8-24(26)18-39-20(3)29(42-30(39)40)25-13-21(16-31(33,34)35)12-22(14-25)17-32(36,37)38/h10-15,19-20,29H,5-9,16-18H2,1-4H3/t20-,29-/m0/s1. The molecule has 0 bridgehead atoms. The molecule has 4 nitrogen and oxygen atoms in total. The average Bonchev–Trinajstić information content (AvgIpc) is 3.02. The molecule has 0 N–H and O–H groups in total. The quantitative estimate of drug-likeness (QED) is 0.285. The molecular weight excluding hydrogens is 560 g/mol. The number of rotatable bonds is 8. The van der Waals surface area contributed by atoms with Crippen LogP contribution < -0.4 is 4.74 Å². The van der Waals surface area contributed by atoms with Crippen LogP contribution in [0.2, 0.25) is 0 Å². The first-order valence-electron chi connectivity index (χ1n) is 14.3. The van der Waals surface area contributed by atoms with Crippen LogP contribution in [-0.2, 0) is 17.6 Å². The minimum Gasteiger partial charge on any atom is -0.496 e. The van der Waals surface area contributed by atoms with Crippen LogP contribution in [0.3, 0.4) is 0 Å². The summed E-state index contributed by atoms with van der Waals surface area (Å²) in [6, 6.07) is 8.83. The summed E-state index contributed by atoms with van der Waals surface area (Å²) in [7, 11) is 1.62. The number of nitrogens with zero attached hydrogens (tertiary/aromatic N) is 1. The molecule has 1 aliphatic carbocycles. The Morgan fingerprint density at radius 2 is 1.55 bits per heavy atom. The van der Waals surface area contributed by atoms with E-state index >= 15 is 0 Å². The predicted octanol–water partition coefficient (Wildman–Crippen LogP) is 9.33. The molecule has 0 aromatic heterocycles. The zero-order chi connectivity index (χ0) is 30.8. The number of methoxy groups -OCH3 is 1. The zero-order valence-electron chi connectivity index (χ0n) is 24.3. The van der Waals surface area contributed by atoms with Crippen molar-refractivity contribution in [2.45, 2.75) is 96.1 Å². The summed E-state index contributed by atoms with van der Waals surface area (Å²) in [6.07, 6.45) is -9.13. The lowest BCUT2D eigenvalue weighted by atomic mass is 9.91. The molecule has 1 aliphatic heterocycles. The Kier molecular flexibility index (Phi) is 9.52. The molecule has 1 heterocycles. The molecule has 10 heteroatoms. The fourth-order valence-corrected chi connectivity index (χ4v) is 5.95. The van der Waals surface area contributed by atoms with Gasteiger partial charge >= 0.3 is 18.4 Å². The third kappa shape index (κ3) is 7.81. The van der Waals surface area contributed by atoms with Crippen molar-refractivity contribution in [1.29, 1.82) is 0 Å². The van der Waals surface area contributed by atoms with Crippen molar-refractivity contribution in [3.8, 4) is 5.75 Å². The Hall–Kier alpha value is -3.17. The van der Waals surface area contributed by atoms with Gasteiger partial charge in [-0.3, -0.25) is 4.90 Å². The Bertz CT molecular complexity index is 1280. The SMILES string of the molecule is COc1ccc(C(C)C)cc1C1=C(CN2C(=O)O[C@H](c3cc(CC(F)(F)F)cc(CC(F)(F)F)c3)[C@@H]2C)CCCCC1. The van der Waals surface area contributed by atoms with E-state index in [1.54, 1.807) is 14.0 Å². The molecule has 0 radical (unpaired) electrons. The topological polar surface area (TPSA) is 38.8 Å². The normalized spacial score (nSPS) is 20.3. The number of halogens is 6. The average molecular weight is 598 g/mol. The van der Waals surface area contributed by atoms with Crippen molar-refractivity contribution in [3.63, 3.8) is 0 Å². The summed E-state index contributed by atoms with van der Waals surface area (Å²) in [6.45, 7) is 6.19. The van der Waals surface area contributed by atoms with Gasteiger partial charge in [-0.1, -0.05) is 44.5 Å². The van der Waals surface area contributed by atoms with Crippen molar-refractivity contribution >= 4 is 11.7 Å². The van der Waals surface area contributed by atoms with E-state index in [0.29, 0.717) is 5.92 Å². The molecule has 1 fully saturated rings. The van der Waals surface area contributed by atoms with E-state index < -0.39 is 43.4 Å². The molecule has 1 amide bonds. The number of ether oxygens (including phenoxy) is 2. The van der Waals surface area contributed by atoms with Crippen LogP contribution in [0.25, 0.3) is 5.57 Å². The van der Waals surface area contributed by atoms with Crippen molar-refractivity contribution in [1.82, 2.24) is 4.90 Å². The fraction of sp³-hybridized carbons (Fsp3) is 0.531. The van der Waals surface area contributed by atoms with Gasteiger partial charge in [-0.2, -0.15) is 26.3 Å². The Morgan fingerprint density at radius 1 is 0.929 bits per heavy atom. The lowest BCUT2D eigenvalue weighted by Crippen LogP contribution is -2.34. The maximum Gasteiger partial charge on any atom is 0.411 e. The van der Waals surface area contributed by atoms with Crippen LogP contribution in [-0.4, -0.2) is 43.0 Å². The van der Waals surface area contributed by atoms with E-state index in [2.05, 4.69) is 19.9 Å². The molecule has 2 aliphatic rings. The number of benzene rings is 2. The summed E-state index contributed by atoms with van der Waals surface area (Å²) in [5.41, 5.74) is 3.83. The number of amides is 1. The van der Waals surface area contributed by atoms with Crippen LogP contribution in [0.1, 0.15) is 92.7 Å². The van der Waals surface area contributed by atoms with E-state index in [1.807, 2.05) is 12.1 Å². The second kappa shape index (κ2) is 12.6. The molecule has 2 aromatic carbocycles. The maximum absolute atomic E-state index is 13.2. The van der Waals surface area contributed by atoms with Crippen LogP contribution in [0, 0.1) is 0 Å². The molecule has 2 atom stereocenters. The first kappa shape index (κ1) is 31.8. The number of hydrogen-bond donors (Lipinski definition) is 0.